The predicted molar refractivity (Wildman–Crippen MR) is 113 cm³/mol. The molecule has 0 unspecified atom stereocenters. The number of benzene rings is 1. The van der Waals surface area contributed by atoms with Gasteiger partial charge >= 0.3 is 0 Å². The molecule has 1 aromatic heterocycles. The Bertz CT molecular complexity index is 999. The van der Waals surface area contributed by atoms with E-state index in [0.29, 0.717) is 32.4 Å². The fraction of sp³-hybridized carbons (Fsp3) is 0.318. The van der Waals surface area contributed by atoms with Gasteiger partial charge in [-0.2, -0.15) is 0 Å². The molecule has 1 aliphatic heterocycles. The Kier molecular flexibility index (Phi) is 5.81. The van der Waals surface area contributed by atoms with Crippen molar-refractivity contribution >= 4 is 38.8 Å². The second-order valence-electron chi connectivity index (χ2n) is 7.10. The molecule has 2 aromatic carbocycles. The third-order valence-electron chi connectivity index (χ3n) is 5.16. The van der Waals surface area contributed by atoms with Gasteiger partial charge in [-0.05, 0) is 42.7 Å². The van der Waals surface area contributed by atoms with Crippen molar-refractivity contribution in [2.24, 2.45) is 0 Å². The fourth-order valence-corrected chi connectivity index (χ4v) is 4.08. The van der Waals surface area contributed by atoms with Crippen LogP contribution in [-0.2, 0) is 22.6 Å². The summed E-state index contributed by atoms with van der Waals surface area (Å²) in [4.78, 5) is 34.8. The minimum Gasteiger partial charge on any atom is -0.350 e. The molecule has 3 aromatic rings. The average Bonchev–Trinajstić information content (AvgIpc) is 3.38. The molecule has 1 fully saturated rings. The van der Waals surface area contributed by atoms with Crippen molar-refractivity contribution in [3.8, 4) is 0 Å². The van der Waals surface area contributed by atoms with Crippen LogP contribution in [0.15, 0.2) is 40.9 Å². The van der Waals surface area contributed by atoms with Crippen molar-refractivity contribution in [1.29, 1.82) is 0 Å². The zero-order valence-electron chi connectivity index (χ0n) is 15.9. The van der Waals surface area contributed by atoms with E-state index in [-0.39, 0.29) is 11.8 Å². The number of nitrogens with zero attached hydrogens (tertiary/aromatic N) is 2. The molecule has 1 atom stereocenters. The molecule has 0 aliphatic carbocycles. The summed E-state index contributed by atoms with van der Waals surface area (Å²) in [5.41, 5.74) is 2.62. The summed E-state index contributed by atoms with van der Waals surface area (Å²) in [6.45, 7) is 1.06. The number of carbonyl (C=O) groups is 2. The number of carbonyl (C=O) groups excluding carboxylic acids is 2. The summed E-state index contributed by atoms with van der Waals surface area (Å²) >= 11 is 3.49. The van der Waals surface area contributed by atoms with E-state index in [1.54, 1.807) is 11.0 Å². The molecule has 0 bridgehead atoms. The normalized spacial score (nSPS) is 16.0. The summed E-state index contributed by atoms with van der Waals surface area (Å²) in [6, 6.07) is 16.9. The minimum atomic E-state index is -0.399. The van der Waals surface area contributed by atoms with E-state index in [1.807, 2.05) is 30.3 Å². The molecule has 0 saturated carbocycles. The van der Waals surface area contributed by atoms with Gasteiger partial charge in [-0.25, -0.2) is 4.98 Å². The number of likely N-dealkylation sites (tertiary alicyclic amines) is 1. The van der Waals surface area contributed by atoms with Crippen LogP contribution in [0.25, 0.3) is 11.0 Å². The zero-order valence-corrected chi connectivity index (χ0v) is 17.5. The van der Waals surface area contributed by atoms with Crippen LogP contribution in [0.4, 0.5) is 0 Å². The van der Waals surface area contributed by atoms with Gasteiger partial charge < -0.3 is 15.2 Å². The van der Waals surface area contributed by atoms with Crippen LogP contribution in [-0.4, -0.2) is 39.3 Å². The molecule has 29 heavy (non-hydrogen) atoms. The number of fused-ring (bicyclic) bond motifs is 1. The van der Waals surface area contributed by atoms with Gasteiger partial charge in [0.1, 0.15) is 17.4 Å². The summed E-state index contributed by atoms with van der Waals surface area (Å²) in [5, 5.41) is 2.97. The van der Waals surface area contributed by atoms with E-state index >= 15 is 0 Å². The van der Waals surface area contributed by atoms with Crippen LogP contribution < -0.4 is 5.32 Å². The summed E-state index contributed by atoms with van der Waals surface area (Å²) < 4.78 is 0.959. The van der Waals surface area contributed by atoms with Crippen LogP contribution in [0.3, 0.4) is 0 Å². The lowest BCUT2D eigenvalue weighted by molar-refractivity contribution is -0.138. The van der Waals surface area contributed by atoms with Crippen LogP contribution in [0, 0.1) is 12.1 Å². The maximum Gasteiger partial charge on any atom is 0.243 e. The lowest BCUT2D eigenvalue weighted by atomic mass is 10.1. The van der Waals surface area contributed by atoms with Gasteiger partial charge in [0.25, 0.3) is 0 Å². The first-order valence-corrected chi connectivity index (χ1v) is 10.5. The maximum atomic E-state index is 12.8. The Hall–Kier alpha value is -2.85. The molecular formula is C22H21BrN4O2. The fourth-order valence-electron chi connectivity index (χ4n) is 3.65. The highest BCUT2D eigenvalue weighted by Crippen LogP contribution is 2.20. The van der Waals surface area contributed by atoms with Crippen LogP contribution in [0.1, 0.15) is 30.7 Å². The van der Waals surface area contributed by atoms with Crippen molar-refractivity contribution in [2.45, 2.75) is 38.3 Å². The third kappa shape index (κ3) is 4.43. The number of imidazole rings is 1. The van der Waals surface area contributed by atoms with Gasteiger partial charge in [0.05, 0.1) is 5.52 Å². The Labute approximate surface area is 177 Å². The monoisotopic (exact) mass is 452 g/mol. The van der Waals surface area contributed by atoms with Gasteiger partial charge in [0.15, 0.2) is 0 Å². The topological polar surface area (TPSA) is 78.1 Å². The van der Waals surface area contributed by atoms with Gasteiger partial charge in [-0.3, -0.25) is 9.59 Å². The van der Waals surface area contributed by atoms with Crippen LogP contribution >= 0.6 is 15.9 Å². The summed E-state index contributed by atoms with van der Waals surface area (Å²) in [6.07, 6.45) is 2.36. The van der Waals surface area contributed by atoms with Crippen molar-refractivity contribution in [3.63, 3.8) is 0 Å². The van der Waals surface area contributed by atoms with Gasteiger partial charge in [-0.1, -0.05) is 40.2 Å². The highest BCUT2D eigenvalue weighted by Gasteiger charge is 2.33. The quantitative estimate of drug-likeness (QED) is 0.602. The molecule has 4 rings (SSSR count). The first kappa shape index (κ1) is 19.5. The van der Waals surface area contributed by atoms with Crippen LogP contribution in [0.5, 0.6) is 0 Å². The second kappa shape index (κ2) is 8.66. The van der Waals surface area contributed by atoms with Gasteiger partial charge in [0.2, 0.25) is 11.8 Å². The molecular weight excluding hydrogens is 432 g/mol. The number of hydrogen-bond donors (Lipinski definition) is 2. The predicted octanol–water partition coefficient (Wildman–Crippen LogP) is 3.17. The molecule has 7 heteroatoms. The first-order chi connectivity index (χ1) is 14.1. The van der Waals surface area contributed by atoms with Crippen molar-refractivity contribution in [1.82, 2.24) is 20.2 Å². The number of amides is 2. The SMILES string of the molecule is O=C(NCc1ccccc1Br)[C@@H]1CCCN1C(=O)CCc1nc2ccc#cc2[nH]1. The lowest BCUT2D eigenvalue weighted by Gasteiger charge is -2.24. The number of aromatic amines is 1. The Balaban J connectivity index is 1.33. The smallest absolute Gasteiger partial charge is 0.243 e. The number of halogens is 1. The van der Waals surface area contributed by atoms with Crippen molar-refractivity contribution in [2.75, 3.05) is 6.54 Å². The molecule has 148 valence electrons. The number of hydrogen-bond acceptors (Lipinski definition) is 3. The molecule has 2 amide bonds. The third-order valence-corrected chi connectivity index (χ3v) is 5.94. The van der Waals surface area contributed by atoms with Crippen molar-refractivity contribution < 1.29 is 9.59 Å². The number of nitrogens with one attached hydrogen (secondary N) is 2. The lowest BCUT2D eigenvalue weighted by Crippen LogP contribution is -2.45. The molecule has 1 aliphatic rings. The number of rotatable bonds is 6. The van der Waals surface area contributed by atoms with E-state index in [4.69, 9.17) is 0 Å². The largest absolute Gasteiger partial charge is 0.350 e. The molecule has 1 saturated heterocycles. The molecule has 0 spiro atoms. The van der Waals surface area contributed by atoms with E-state index in [2.05, 4.69) is 43.3 Å². The molecule has 2 N–H and O–H groups in total. The standard InChI is InChI=1S/C22H21BrN4O2/c23-16-7-2-1-6-15(16)14-24-22(29)19-10-5-13-27(19)21(28)12-11-20-25-17-8-3-4-9-18(17)26-20/h1-3,6-8,19H,5,10-14H2,(H,24,29)(H,25,26)/t19-/m0/s1. The Morgan fingerprint density at radius 2 is 2.17 bits per heavy atom. The zero-order chi connectivity index (χ0) is 20.2. The minimum absolute atomic E-state index is 0.0143. The average molecular weight is 453 g/mol. The van der Waals surface area contributed by atoms with Crippen LogP contribution in [0.2, 0.25) is 0 Å². The highest BCUT2D eigenvalue weighted by atomic mass is 79.9. The first-order valence-electron chi connectivity index (χ1n) is 9.69. The van der Waals surface area contributed by atoms with Crippen molar-refractivity contribution in [3.05, 3.63) is 64.4 Å². The summed E-state index contributed by atoms with van der Waals surface area (Å²) in [7, 11) is 0. The molecule has 0 radical (unpaired) electrons. The Morgan fingerprint density at radius 1 is 1.31 bits per heavy atom. The highest BCUT2D eigenvalue weighted by molar-refractivity contribution is 9.10. The number of H-pyrrole nitrogens is 1. The molecule has 6 nitrogen and oxygen atoms in total. The second-order valence-corrected chi connectivity index (χ2v) is 7.96. The van der Waals surface area contributed by atoms with E-state index < -0.39 is 6.04 Å². The number of aryl methyl sites for hydroxylation is 1. The van der Waals surface area contributed by atoms with E-state index in [1.165, 1.54) is 0 Å². The van der Waals surface area contributed by atoms with Gasteiger partial charge in [-0.15, -0.1) is 0 Å². The Morgan fingerprint density at radius 3 is 3.00 bits per heavy atom. The van der Waals surface area contributed by atoms with E-state index in [9.17, 15) is 9.59 Å². The van der Waals surface area contributed by atoms with Gasteiger partial charge in [0, 0.05) is 30.4 Å². The number of aromatic nitrogens is 2. The summed E-state index contributed by atoms with van der Waals surface area (Å²) in [5.74, 6) is 0.637. The maximum absolute atomic E-state index is 12.8. The van der Waals surface area contributed by atoms with E-state index in [0.717, 1.165) is 33.3 Å². The molecule has 2 heterocycles.